The van der Waals surface area contributed by atoms with Crippen molar-refractivity contribution in [3.8, 4) is 6.07 Å². The lowest BCUT2D eigenvalue weighted by atomic mass is 9.78. The molecule has 0 radical (unpaired) electrons. The Kier molecular flexibility index (Phi) is 5.96. The quantitative estimate of drug-likeness (QED) is 0.836. The molecule has 3 heteroatoms. The molecule has 0 spiro atoms. The van der Waals surface area contributed by atoms with Crippen LogP contribution >= 0.6 is 0 Å². The molecule has 2 saturated carbocycles. The molecule has 3 nitrogen and oxygen atoms in total. The van der Waals surface area contributed by atoms with Gasteiger partial charge in [0.2, 0.25) is 5.91 Å². The van der Waals surface area contributed by atoms with Crippen LogP contribution in [0.5, 0.6) is 0 Å². The van der Waals surface area contributed by atoms with Crippen molar-refractivity contribution < 1.29 is 4.79 Å². The van der Waals surface area contributed by atoms with Crippen LogP contribution in [-0.2, 0) is 15.6 Å². The lowest BCUT2D eigenvalue weighted by Gasteiger charge is -2.25. The lowest BCUT2D eigenvalue weighted by molar-refractivity contribution is -0.123. The van der Waals surface area contributed by atoms with Crippen molar-refractivity contribution in [1.82, 2.24) is 0 Å². The van der Waals surface area contributed by atoms with Crippen molar-refractivity contribution in [2.24, 2.45) is 5.73 Å². The van der Waals surface area contributed by atoms with E-state index < -0.39 is 0 Å². The highest BCUT2D eigenvalue weighted by Gasteiger charge is 2.40. The zero-order valence-electron chi connectivity index (χ0n) is 15.9. The van der Waals surface area contributed by atoms with E-state index in [0.717, 1.165) is 44.1 Å². The van der Waals surface area contributed by atoms with E-state index >= 15 is 0 Å². The summed E-state index contributed by atoms with van der Waals surface area (Å²) in [6.45, 7) is 0. The van der Waals surface area contributed by atoms with E-state index in [4.69, 9.17) is 5.73 Å². The van der Waals surface area contributed by atoms with E-state index in [2.05, 4.69) is 18.2 Å². The van der Waals surface area contributed by atoms with E-state index in [1.165, 1.54) is 18.4 Å². The molecule has 2 N–H and O–H groups in total. The first kappa shape index (κ1) is 19.2. The lowest BCUT2D eigenvalue weighted by Crippen LogP contribution is -2.38. The molecule has 2 aliphatic rings. The molecule has 1 amide bonds. The van der Waals surface area contributed by atoms with Crippen molar-refractivity contribution in [3.63, 3.8) is 0 Å². The second-order valence-electron chi connectivity index (χ2n) is 7.79. The summed E-state index contributed by atoms with van der Waals surface area (Å²) in [5.41, 5.74) is 7.28. The summed E-state index contributed by atoms with van der Waals surface area (Å²) in [4.78, 5) is 11.5. The summed E-state index contributed by atoms with van der Waals surface area (Å²) in [6, 6.07) is 22.6. The van der Waals surface area contributed by atoms with Gasteiger partial charge in [-0.3, -0.25) is 4.79 Å². The first-order chi connectivity index (χ1) is 13.1. The Balaban J connectivity index is 0.000000156. The van der Waals surface area contributed by atoms with Crippen LogP contribution in [0.15, 0.2) is 60.7 Å². The standard InChI is InChI=1S/C12H15NO.C12H13N/c13-11(14)12(8-4-5-9-12)10-6-2-1-3-7-10;13-10-12(8-4-5-9-12)11-6-2-1-3-7-11/h1-3,6-7H,4-5,8-9H2,(H2,13,14);1-3,6-7H,4-5,8-9H2. The van der Waals surface area contributed by atoms with Crippen LogP contribution in [0.3, 0.4) is 0 Å². The molecule has 27 heavy (non-hydrogen) atoms. The molecular weight excluding hydrogens is 332 g/mol. The van der Waals surface area contributed by atoms with Crippen molar-refractivity contribution in [2.75, 3.05) is 0 Å². The van der Waals surface area contributed by atoms with Crippen LogP contribution in [0.1, 0.15) is 62.5 Å². The number of carbonyl (C=O) groups is 1. The Bertz CT molecular complexity index is 780. The third-order valence-electron chi connectivity index (χ3n) is 6.25. The topological polar surface area (TPSA) is 66.9 Å². The summed E-state index contributed by atoms with van der Waals surface area (Å²) < 4.78 is 0. The van der Waals surface area contributed by atoms with Crippen LogP contribution in [0.2, 0.25) is 0 Å². The van der Waals surface area contributed by atoms with Gasteiger partial charge in [-0.15, -0.1) is 0 Å². The van der Waals surface area contributed by atoms with Crippen molar-refractivity contribution >= 4 is 5.91 Å². The molecule has 0 aliphatic heterocycles. The van der Waals surface area contributed by atoms with E-state index in [9.17, 15) is 10.1 Å². The summed E-state index contributed by atoms with van der Waals surface area (Å²) in [6.07, 6.45) is 8.50. The molecule has 2 aromatic carbocycles. The Morgan fingerprint density at radius 1 is 0.778 bits per heavy atom. The maximum Gasteiger partial charge on any atom is 0.228 e. The van der Waals surface area contributed by atoms with Gasteiger partial charge in [-0.2, -0.15) is 5.26 Å². The number of nitrogens with two attached hydrogens (primary N) is 1. The minimum absolute atomic E-state index is 0.165. The van der Waals surface area contributed by atoms with Crippen LogP contribution in [0, 0.1) is 11.3 Å². The van der Waals surface area contributed by atoms with E-state index in [-0.39, 0.29) is 16.7 Å². The Morgan fingerprint density at radius 2 is 1.22 bits per heavy atom. The number of benzene rings is 2. The highest BCUT2D eigenvalue weighted by atomic mass is 16.1. The summed E-state index contributed by atoms with van der Waals surface area (Å²) in [7, 11) is 0. The second-order valence-corrected chi connectivity index (χ2v) is 7.79. The molecule has 4 rings (SSSR count). The number of hydrogen-bond donors (Lipinski definition) is 1. The highest BCUT2D eigenvalue weighted by Crippen LogP contribution is 2.41. The summed E-state index contributed by atoms with van der Waals surface area (Å²) >= 11 is 0. The average Bonchev–Trinajstić information content (AvgIpc) is 3.41. The Morgan fingerprint density at radius 3 is 1.67 bits per heavy atom. The van der Waals surface area contributed by atoms with Crippen molar-refractivity contribution in [2.45, 2.75) is 62.2 Å². The largest absolute Gasteiger partial charge is 0.369 e. The summed E-state index contributed by atoms with van der Waals surface area (Å²) in [5, 5.41) is 9.22. The normalized spacial score (nSPS) is 19.5. The van der Waals surface area contributed by atoms with Gasteiger partial charge in [0.15, 0.2) is 0 Å². The maximum absolute atomic E-state index is 11.5. The fourth-order valence-electron chi connectivity index (χ4n) is 4.61. The van der Waals surface area contributed by atoms with Crippen LogP contribution in [0.25, 0.3) is 0 Å². The second kappa shape index (κ2) is 8.39. The van der Waals surface area contributed by atoms with E-state index in [0.29, 0.717) is 0 Å². The molecule has 0 saturated heterocycles. The van der Waals surface area contributed by atoms with Gasteiger partial charge in [-0.1, -0.05) is 86.3 Å². The van der Waals surface area contributed by atoms with Crippen LogP contribution in [0.4, 0.5) is 0 Å². The van der Waals surface area contributed by atoms with Crippen molar-refractivity contribution in [1.29, 1.82) is 5.26 Å². The smallest absolute Gasteiger partial charge is 0.228 e. The summed E-state index contributed by atoms with van der Waals surface area (Å²) in [5.74, 6) is -0.166. The Hall–Kier alpha value is -2.60. The van der Waals surface area contributed by atoms with Gasteiger partial charge < -0.3 is 5.73 Å². The monoisotopic (exact) mass is 360 g/mol. The number of amides is 1. The minimum atomic E-state index is -0.374. The van der Waals surface area contributed by atoms with Gasteiger partial charge in [0.25, 0.3) is 0 Å². The average molecular weight is 361 g/mol. The first-order valence-corrected chi connectivity index (χ1v) is 9.95. The van der Waals surface area contributed by atoms with Crippen LogP contribution < -0.4 is 5.73 Å². The third-order valence-corrected chi connectivity index (χ3v) is 6.25. The van der Waals surface area contributed by atoms with E-state index in [1.54, 1.807) is 0 Å². The maximum atomic E-state index is 11.5. The highest BCUT2D eigenvalue weighted by molar-refractivity contribution is 5.87. The van der Waals surface area contributed by atoms with Gasteiger partial charge in [-0.25, -0.2) is 0 Å². The predicted molar refractivity (Wildman–Crippen MR) is 108 cm³/mol. The number of carbonyl (C=O) groups excluding carboxylic acids is 1. The number of nitriles is 1. The number of nitrogens with zero attached hydrogens (tertiary/aromatic N) is 1. The molecule has 0 aromatic heterocycles. The van der Waals surface area contributed by atoms with Gasteiger partial charge >= 0.3 is 0 Å². The first-order valence-electron chi connectivity index (χ1n) is 9.95. The molecule has 0 bridgehead atoms. The molecule has 0 unspecified atom stereocenters. The molecule has 140 valence electrons. The fourth-order valence-corrected chi connectivity index (χ4v) is 4.61. The van der Waals surface area contributed by atoms with Gasteiger partial charge in [0.1, 0.15) is 0 Å². The molecule has 0 atom stereocenters. The predicted octanol–water partition coefficient (Wildman–Crippen LogP) is 5.01. The SMILES string of the molecule is N#CC1(c2ccccc2)CCCC1.NC(=O)C1(c2ccccc2)CCCC1. The number of hydrogen-bond acceptors (Lipinski definition) is 2. The minimum Gasteiger partial charge on any atom is -0.369 e. The number of rotatable bonds is 3. The third kappa shape index (κ3) is 3.90. The molecule has 2 aromatic rings. The molecular formula is C24H28N2O. The van der Waals surface area contributed by atoms with Gasteiger partial charge in [0.05, 0.1) is 16.9 Å². The zero-order valence-corrected chi connectivity index (χ0v) is 15.9. The van der Waals surface area contributed by atoms with Gasteiger partial charge in [0, 0.05) is 0 Å². The molecule has 0 heterocycles. The fraction of sp³-hybridized carbons (Fsp3) is 0.417. The van der Waals surface area contributed by atoms with Crippen LogP contribution in [-0.4, -0.2) is 5.91 Å². The zero-order chi connectivity index (χ0) is 19.2. The molecule has 2 aliphatic carbocycles. The van der Waals surface area contributed by atoms with Crippen molar-refractivity contribution in [3.05, 3.63) is 71.8 Å². The van der Waals surface area contributed by atoms with E-state index in [1.807, 2.05) is 48.5 Å². The number of primary amides is 1. The van der Waals surface area contributed by atoms with Gasteiger partial charge in [-0.05, 0) is 36.8 Å². The Labute approximate surface area is 162 Å². The molecule has 2 fully saturated rings.